The third-order valence-corrected chi connectivity index (χ3v) is 4.02. The summed E-state index contributed by atoms with van der Waals surface area (Å²) in [6.07, 6.45) is 0.961. The van der Waals surface area contributed by atoms with E-state index in [4.69, 9.17) is 4.74 Å². The van der Waals surface area contributed by atoms with Crippen LogP contribution in [0, 0.1) is 6.92 Å². The molecule has 122 valence electrons. The lowest BCUT2D eigenvalue weighted by molar-refractivity contribution is -0.119. The monoisotopic (exact) mass is 305 g/mol. The molecule has 0 atom stereocenters. The Labute approximate surface area is 133 Å². The molecule has 1 saturated heterocycles. The molecule has 0 unspecified atom stereocenters. The SMILES string of the molecule is CCc1cccc(C)c1NCC(=O)NCCN1CCOCC1. The van der Waals surface area contributed by atoms with Gasteiger partial charge in [0.05, 0.1) is 19.8 Å². The zero-order valence-electron chi connectivity index (χ0n) is 13.7. The summed E-state index contributed by atoms with van der Waals surface area (Å²) in [4.78, 5) is 14.3. The van der Waals surface area contributed by atoms with Gasteiger partial charge in [-0.05, 0) is 24.5 Å². The van der Waals surface area contributed by atoms with Gasteiger partial charge in [0.1, 0.15) is 0 Å². The first kappa shape index (κ1) is 16.8. The highest BCUT2D eigenvalue weighted by Gasteiger charge is 2.10. The van der Waals surface area contributed by atoms with Crippen LogP contribution in [0.3, 0.4) is 0 Å². The number of nitrogens with zero attached hydrogens (tertiary/aromatic N) is 1. The Morgan fingerprint density at radius 3 is 2.82 bits per heavy atom. The second-order valence-electron chi connectivity index (χ2n) is 5.62. The molecule has 5 heteroatoms. The molecule has 0 saturated carbocycles. The van der Waals surface area contributed by atoms with Crippen molar-refractivity contribution in [2.24, 2.45) is 0 Å². The van der Waals surface area contributed by atoms with E-state index in [2.05, 4.69) is 47.6 Å². The molecule has 2 N–H and O–H groups in total. The maximum Gasteiger partial charge on any atom is 0.239 e. The van der Waals surface area contributed by atoms with Crippen LogP contribution >= 0.6 is 0 Å². The van der Waals surface area contributed by atoms with Crippen LogP contribution in [0.2, 0.25) is 0 Å². The number of carbonyl (C=O) groups is 1. The molecule has 1 heterocycles. The highest BCUT2D eigenvalue weighted by Crippen LogP contribution is 2.20. The molecular weight excluding hydrogens is 278 g/mol. The summed E-state index contributed by atoms with van der Waals surface area (Å²) in [5.41, 5.74) is 3.52. The molecule has 1 amide bonds. The van der Waals surface area contributed by atoms with Gasteiger partial charge in [-0.2, -0.15) is 0 Å². The Morgan fingerprint density at radius 2 is 2.09 bits per heavy atom. The van der Waals surface area contributed by atoms with E-state index in [0.29, 0.717) is 13.1 Å². The maximum absolute atomic E-state index is 12.0. The Morgan fingerprint density at radius 1 is 1.32 bits per heavy atom. The number of morpholine rings is 1. The number of benzene rings is 1. The molecule has 2 rings (SSSR count). The van der Waals surface area contributed by atoms with E-state index >= 15 is 0 Å². The molecule has 22 heavy (non-hydrogen) atoms. The predicted molar refractivity (Wildman–Crippen MR) is 89.3 cm³/mol. The highest BCUT2D eigenvalue weighted by molar-refractivity contribution is 5.81. The van der Waals surface area contributed by atoms with Crippen LogP contribution in [0.4, 0.5) is 5.69 Å². The molecule has 1 aliphatic rings. The molecule has 1 aromatic carbocycles. The molecular formula is C17H27N3O2. The maximum atomic E-state index is 12.0. The summed E-state index contributed by atoms with van der Waals surface area (Å²) < 4.78 is 5.31. The first-order chi connectivity index (χ1) is 10.7. The van der Waals surface area contributed by atoms with Gasteiger partial charge in [-0.1, -0.05) is 25.1 Å². The minimum absolute atomic E-state index is 0.0403. The van der Waals surface area contributed by atoms with Crippen LogP contribution in [0.25, 0.3) is 0 Å². The largest absolute Gasteiger partial charge is 0.379 e. The number of aryl methyl sites for hydroxylation is 2. The van der Waals surface area contributed by atoms with Gasteiger partial charge >= 0.3 is 0 Å². The molecule has 0 radical (unpaired) electrons. The van der Waals surface area contributed by atoms with E-state index in [9.17, 15) is 4.79 Å². The summed E-state index contributed by atoms with van der Waals surface area (Å²) in [6.45, 7) is 9.59. The summed E-state index contributed by atoms with van der Waals surface area (Å²) in [6, 6.07) is 6.23. The number of anilines is 1. The molecule has 1 aromatic rings. The summed E-state index contributed by atoms with van der Waals surface area (Å²) >= 11 is 0. The van der Waals surface area contributed by atoms with Crippen LogP contribution in [-0.2, 0) is 16.0 Å². The van der Waals surface area contributed by atoms with Crippen molar-refractivity contribution < 1.29 is 9.53 Å². The van der Waals surface area contributed by atoms with Crippen LogP contribution < -0.4 is 10.6 Å². The van der Waals surface area contributed by atoms with Crippen molar-refractivity contribution in [2.45, 2.75) is 20.3 Å². The summed E-state index contributed by atoms with van der Waals surface area (Å²) in [5, 5.41) is 6.25. The van der Waals surface area contributed by atoms with E-state index in [1.54, 1.807) is 0 Å². The van der Waals surface area contributed by atoms with E-state index in [1.165, 1.54) is 11.1 Å². The predicted octanol–water partition coefficient (Wildman–Crippen LogP) is 1.42. The van der Waals surface area contributed by atoms with Crippen molar-refractivity contribution in [3.63, 3.8) is 0 Å². The molecule has 0 spiro atoms. The van der Waals surface area contributed by atoms with E-state index in [-0.39, 0.29) is 5.91 Å². The molecule has 1 fully saturated rings. The van der Waals surface area contributed by atoms with Gasteiger partial charge in [0.25, 0.3) is 0 Å². The Bertz CT molecular complexity index is 485. The third-order valence-electron chi connectivity index (χ3n) is 4.02. The first-order valence-corrected chi connectivity index (χ1v) is 8.10. The van der Waals surface area contributed by atoms with Crippen molar-refractivity contribution in [1.82, 2.24) is 10.2 Å². The van der Waals surface area contributed by atoms with E-state index in [0.717, 1.165) is 45.0 Å². The number of amides is 1. The molecule has 1 aliphatic heterocycles. The fourth-order valence-electron chi connectivity index (χ4n) is 2.69. The van der Waals surface area contributed by atoms with E-state index in [1.807, 2.05) is 0 Å². The number of hydrogen-bond donors (Lipinski definition) is 2. The third kappa shape index (κ3) is 5.00. The van der Waals surface area contributed by atoms with Crippen molar-refractivity contribution in [2.75, 3.05) is 51.3 Å². The van der Waals surface area contributed by atoms with Gasteiger partial charge < -0.3 is 15.4 Å². The lowest BCUT2D eigenvalue weighted by atomic mass is 10.1. The van der Waals surface area contributed by atoms with Crippen molar-refractivity contribution >= 4 is 11.6 Å². The van der Waals surface area contributed by atoms with Crippen LogP contribution in [0.5, 0.6) is 0 Å². The standard InChI is InChI=1S/C17H27N3O2/c1-3-15-6-4-5-14(2)17(15)19-13-16(21)18-7-8-20-9-11-22-12-10-20/h4-6,19H,3,7-13H2,1-2H3,(H,18,21). The second kappa shape index (κ2) is 8.76. The number of carbonyl (C=O) groups excluding carboxylic acids is 1. The van der Waals surface area contributed by atoms with Crippen molar-refractivity contribution in [1.29, 1.82) is 0 Å². The first-order valence-electron chi connectivity index (χ1n) is 8.10. The number of ether oxygens (including phenoxy) is 1. The highest BCUT2D eigenvalue weighted by atomic mass is 16.5. The van der Waals surface area contributed by atoms with Crippen LogP contribution in [0.1, 0.15) is 18.1 Å². The molecule has 0 aromatic heterocycles. The van der Waals surface area contributed by atoms with Crippen LogP contribution in [0.15, 0.2) is 18.2 Å². The fourth-order valence-corrected chi connectivity index (χ4v) is 2.69. The zero-order chi connectivity index (χ0) is 15.8. The summed E-state index contributed by atoms with van der Waals surface area (Å²) in [7, 11) is 0. The van der Waals surface area contributed by atoms with Gasteiger partial charge in [0.15, 0.2) is 0 Å². The Balaban J connectivity index is 1.71. The number of nitrogens with one attached hydrogen (secondary N) is 2. The number of hydrogen-bond acceptors (Lipinski definition) is 4. The second-order valence-corrected chi connectivity index (χ2v) is 5.62. The molecule has 0 aliphatic carbocycles. The fraction of sp³-hybridized carbons (Fsp3) is 0.588. The van der Waals surface area contributed by atoms with Crippen molar-refractivity contribution in [3.8, 4) is 0 Å². The quantitative estimate of drug-likeness (QED) is 0.800. The Kier molecular flexibility index (Phi) is 6.68. The van der Waals surface area contributed by atoms with Gasteiger partial charge in [0.2, 0.25) is 5.91 Å². The average molecular weight is 305 g/mol. The summed E-state index contributed by atoms with van der Waals surface area (Å²) in [5.74, 6) is 0.0403. The topological polar surface area (TPSA) is 53.6 Å². The van der Waals surface area contributed by atoms with Crippen LogP contribution in [-0.4, -0.2) is 56.7 Å². The Hall–Kier alpha value is -1.59. The molecule has 0 bridgehead atoms. The van der Waals surface area contributed by atoms with Gasteiger partial charge in [-0.25, -0.2) is 0 Å². The average Bonchev–Trinajstić information content (AvgIpc) is 2.54. The number of para-hydroxylation sites is 1. The number of rotatable bonds is 7. The van der Waals surface area contributed by atoms with Crippen molar-refractivity contribution in [3.05, 3.63) is 29.3 Å². The smallest absolute Gasteiger partial charge is 0.239 e. The zero-order valence-corrected chi connectivity index (χ0v) is 13.7. The minimum Gasteiger partial charge on any atom is -0.379 e. The minimum atomic E-state index is 0.0403. The molecule has 5 nitrogen and oxygen atoms in total. The normalized spacial score (nSPS) is 15.5. The van der Waals surface area contributed by atoms with Gasteiger partial charge in [0, 0.05) is 31.9 Å². The lowest BCUT2D eigenvalue weighted by Gasteiger charge is -2.26. The van der Waals surface area contributed by atoms with Gasteiger partial charge in [-0.3, -0.25) is 9.69 Å². The van der Waals surface area contributed by atoms with E-state index < -0.39 is 0 Å². The lowest BCUT2D eigenvalue weighted by Crippen LogP contribution is -2.42. The van der Waals surface area contributed by atoms with Gasteiger partial charge in [-0.15, -0.1) is 0 Å².